The Morgan fingerprint density at radius 3 is 2.50 bits per heavy atom. The first kappa shape index (κ1) is 11.6. The van der Waals surface area contributed by atoms with E-state index in [4.69, 9.17) is 5.73 Å². The number of hydrogen-bond donors (Lipinski definition) is 1. The van der Waals surface area contributed by atoms with Gasteiger partial charge in [-0.1, -0.05) is 43.7 Å². The number of likely N-dealkylation sites (tertiary alicyclic amines) is 1. The molecule has 1 aromatic carbocycles. The lowest BCUT2D eigenvalue weighted by molar-refractivity contribution is 0.0294. The second kappa shape index (κ2) is 4.56. The smallest absolute Gasteiger partial charge is 0.0412 e. The molecule has 1 saturated heterocycles. The zero-order valence-corrected chi connectivity index (χ0v) is 10.3. The topological polar surface area (TPSA) is 29.3 Å². The van der Waals surface area contributed by atoms with Gasteiger partial charge in [-0.2, -0.15) is 0 Å². The van der Waals surface area contributed by atoms with E-state index in [9.17, 15) is 0 Å². The largest absolute Gasteiger partial charge is 0.323 e. The molecule has 2 nitrogen and oxygen atoms in total. The molecular formula is C14H22N2. The van der Waals surface area contributed by atoms with Gasteiger partial charge in [0.2, 0.25) is 0 Å². The fourth-order valence-electron chi connectivity index (χ4n) is 2.63. The Morgan fingerprint density at radius 1 is 1.31 bits per heavy atom. The molecule has 88 valence electrons. The van der Waals surface area contributed by atoms with Crippen LogP contribution in [0.25, 0.3) is 0 Å². The summed E-state index contributed by atoms with van der Waals surface area (Å²) in [6, 6.07) is 11.2. The molecule has 0 saturated carbocycles. The molecule has 0 amide bonds. The van der Waals surface area contributed by atoms with Crippen molar-refractivity contribution in [1.82, 2.24) is 4.90 Å². The van der Waals surface area contributed by atoms with Crippen LogP contribution < -0.4 is 5.73 Å². The second-order valence-electron chi connectivity index (χ2n) is 5.10. The molecule has 0 aromatic heterocycles. The first-order chi connectivity index (χ1) is 7.64. The normalized spacial score (nSPS) is 21.4. The third kappa shape index (κ3) is 2.28. The van der Waals surface area contributed by atoms with Crippen LogP contribution in [0.5, 0.6) is 0 Å². The van der Waals surface area contributed by atoms with Gasteiger partial charge in [0.05, 0.1) is 0 Å². The number of nitrogens with zero attached hydrogens (tertiary/aromatic N) is 1. The van der Waals surface area contributed by atoms with Gasteiger partial charge in [0.15, 0.2) is 0 Å². The van der Waals surface area contributed by atoms with Crippen LogP contribution in [0.1, 0.15) is 38.3 Å². The molecule has 1 aliphatic heterocycles. The average molecular weight is 218 g/mol. The zero-order chi connectivity index (χ0) is 11.6. The Hall–Kier alpha value is -0.860. The van der Waals surface area contributed by atoms with Crippen LogP contribution in [0.2, 0.25) is 0 Å². The molecule has 0 bridgehead atoms. The van der Waals surface area contributed by atoms with E-state index < -0.39 is 0 Å². The lowest BCUT2D eigenvalue weighted by Crippen LogP contribution is -2.67. The van der Waals surface area contributed by atoms with Crippen LogP contribution in [-0.2, 0) is 0 Å². The highest BCUT2D eigenvalue weighted by Gasteiger charge is 2.40. The molecule has 0 radical (unpaired) electrons. The van der Waals surface area contributed by atoms with Crippen molar-refractivity contribution in [2.45, 2.75) is 38.3 Å². The number of nitrogens with two attached hydrogens (primary N) is 1. The van der Waals surface area contributed by atoms with Gasteiger partial charge in [0, 0.05) is 24.7 Å². The highest BCUT2D eigenvalue weighted by Crippen LogP contribution is 2.31. The van der Waals surface area contributed by atoms with E-state index in [0.29, 0.717) is 6.04 Å². The summed E-state index contributed by atoms with van der Waals surface area (Å²) in [6.45, 7) is 6.55. The molecule has 2 heteroatoms. The fraction of sp³-hybridized carbons (Fsp3) is 0.571. The minimum absolute atomic E-state index is 0.0811. The van der Waals surface area contributed by atoms with Crippen molar-refractivity contribution in [3.63, 3.8) is 0 Å². The number of rotatable bonds is 4. The molecule has 1 aromatic rings. The summed E-state index contributed by atoms with van der Waals surface area (Å²) in [4.78, 5) is 2.46. The van der Waals surface area contributed by atoms with Crippen LogP contribution in [0.15, 0.2) is 30.3 Å². The molecule has 0 aliphatic carbocycles. The SMILES string of the molecule is CCCC1(N)CN(C(C)c2ccccc2)C1. The maximum absolute atomic E-state index is 6.28. The van der Waals surface area contributed by atoms with Crippen molar-refractivity contribution in [1.29, 1.82) is 0 Å². The van der Waals surface area contributed by atoms with Crippen molar-refractivity contribution >= 4 is 0 Å². The predicted octanol–water partition coefficient (Wildman–Crippen LogP) is 2.56. The lowest BCUT2D eigenvalue weighted by atomic mass is 9.84. The van der Waals surface area contributed by atoms with Gasteiger partial charge in [0.1, 0.15) is 0 Å². The van der Waals surface area contributed by atoms with E-state index in [2.05, 4.69) is 49.1 Å². The summed E-state index contributed by atoms with van der Waals surface area (Å²) in [5, 5.41) is 0. The van der Waals surface area contributed by atoms with Crippen molar-refractivity contribution in [2.75, 3.05) is 13.1 Å². The van der Waals surface area contributed by atoms with Gasteiger partial charge in [0.25, 0.3) is 0 Å². The minimum Gasteiger partial charge on any atom is -0.323 e. The molecule has 2 rings (SSSR count). The summed E-state index contributed by atoms with van der Waals surface area (Å²) < 4.78 is 0. The van der Waals surface area contributed by atoms with Crippen molar-refractivity contribution in [3.8, 4) is 0 Å². The van der Waals surface area contributed by atoms with E-state index in [1.807, 2.05) is 0 Å². The van der Waals surface area contributed by atoms with E-state index in [0.717, 1.165) is 19.5 Å². The van der Waals surface area contributed by atoms with Crippen LogP contribution in [0, 0.1) is 0 Å². The number of hydrogen-bond acceptors (Lipinski definition) is 2. The first-order valence-corrected chi connectivity index (χ1v) is 6.22. The minimum atomic E-state index is 0.0811. The van der Waals surface area contributed by atoms with Gasteiger partial charge in [-0.15, -0.1) is 0 Å². The Labute approximate surface area is 98.4 Å². The Kier molecular flexibility index (Phi) is 3.31. The summed E-state index contributed by atoms with van der Waals surface area (Å²) in [5.41, 5.74) is 7.75. The summed E-state index contributed by atoms with van der Waals surface area (Å²) >= 11 is 0. The lowest BCUT2D eigenvalue weighted by Gasteiger charge is -2.50. The average Bonchev–Trinajstić information content (AvgIpc) is 2.26. The summed E-state index contributed by atoms with van der Waals surface area (Å²) in [7, 11) is 0. The highest BCUT2D eigenvalue weighted by molar-refractivity contribution is 5.20. The van der Waals surface area contributed by atoms with Gasteiger partial charge >= 0.3 is 0 Å². The Balaban J connectivity index is 1.93. The highest BCUT2D eigenvalue weighted by atomic mass is 15.3. The molecule has 1 unspecified atom stereocenters. The van der Waals surface area contributed by atoms with Gasteiger partial charge in [-0.25, -0.2) is 0 Å². The molecule has 1 atom stereocenters. The maximum Gasteiger partial charge on any atom is 0.0412 e. The van der Waals surface area contributed by atoms with Gasteiger partial charge in [-0.05, 0) is 18.9 Å². The summed E-state index contributed by atoms with van der Waals surface area (Å²) in [5.74, 6) is 0. The van der Waals surface area contributed by atoms with E-state index in [-0.39, 0.29) is 5.54 Å². The summed E-state index contributed by atoms with van der Waals surface area (Å²) in [6.07, 6.45) is 2.33. The molecule has 1 aliphatic rings. The third-order valence-electron chi connectivity index (χ3n) is 3.61. The van der Waals surface area contributed by atoms with Gasteiger partial charge in [-0.3, -0.25) is 4.90 Å². The molecular weight excluding hydrogens is 196 g/mol. The third-order valence-corrected chi connectivity index (χ3v) is 3.61. The van der Waals surface area contributed by atoms with Crippen molar-refractivity contribution < 1.29 is 0 Å². The molecule has 16 heavy (non-hydrogen) atoms. The van der Waals surface area contributed by atoms with E-state index >= 15 is 0 Å². The van der Waals surface area contributed by atoms with Crippen LogP contribution in [0.4, 0.5) is 0 Å². The molecule has 1 fully saturated rings. The van der Waals surface area contributed by atoms with Gasteiger partial charge < -0.3 is 5.73 Å². The first-order valence-electron chi connectivity index (χ1n) is 6.22. The predicted molar refractivity (Wildman–Crippen MR) is 68.3 cm³/mol. The van der Waals surface area contributed by atoms with E-state index in [1.54, 1.807) is 0 Å². The van der Waals surface area contributed by atoms with Crippen LogP contribution in [0.3, 0.4) is 0 Å². The molecule has 0 spiro atoms. The zero-order valence-electron chi connectivity index (χ0n) is 10.3. The molecule has 1 heterocycles. The van der Waals surface area contributed by atoms with Crippen LogP contribution in [-0.4, -0.2) is 23.5 Å². The quantitative estimate of drug-likeness (QED) is 0.841. The second-order valence-corrected chi connectivity index (χ2v) is 5.10. The standard InChI is InChI=1S/C14H22N2/c1-3-9-14(15)10-16(11-14)12(2)13-7-5-4-6-8-13/h4-8,12H,3,9-11,15H2,1-2H3. The number of benzene rings is 1. The monoisotopic (exact) mass is 218 g/mol. The van der Waals surface area contributed by atoms with Crippen LogP contribution >= 0.6 is 0 Å². The van der Waals surface area contributed by atoms with E-state index in [1.165, 1.54) is 12.0 Å². The fourth-order valence-corrected chi connectivity index (χ4v) is 2.63. The Bertz CT molecular complexity index is 328. The van der Waals surface area contributed by atoms with Crippen molar-refractivity contribution in [3.05, 3.63) is 35.9 Å². The maximum atomic E-state index is 6.28. The Morgan fingerprint density at radius 2 is 1.94 bits per heavy atom. The van der Waals surface area contributed by atoms with Crippen molar-refractivity contribution in [2.24, 2.45) is 5.73 Å². The molecule has 2 N–H and O–H groups in total.